The molecule has 9 nitrogen and oxygen atoms in total. The summed E-state index contributed by atoms with van der Waals surface area (Å²) < 4.78 is 25.2. The van der Waals surface area contributed by atoms with E-state index in [1.807, 2.05) is 52.2 Å². The highest BCUT2D eigenvalue weighted by molar-refractivity contribution is 9.11. The van der Waals surface area contributed by atoms with Crippen LogP contribution in [0.25, 0.3) is 200 Å². The van der Waals surface area contributed by atoms with Gasteiger partial charge in [-0.1, -0.05) is 398 Å². The third-order valence-electron chi connectivity index (χ3n) is 27.0. The van der Waals surface area contributed by atoms with Crippen LogP contribution in [-0.4, -0.2) is 33.2 Å². The molecule has 22 aromatic carbocycles. The van der Waals surface area contributed by atoms with Gasteiger partial charge in [-0.15, -0.1) is 45.3 Å². The van der Waals surface area contributed by atoms with Crippen LogP contribution in [0.5, 0.6) is 0 Å². The first kappa shape index (κ1) is 88.7. The molecule has 5 aromatic heterocycles. The minimum Gasteiger partial charge on any atom is -0.399 e. The molecule has 0 unspecified atom stereocenters. The molecule has 27 aromatic rings. The lowest BCUT2D eigenvalue weighted by molar-refractivity contribution is -0.385. The Bertz CT molecular complexity index is 9470. The van der Waals surface area contributed by atoms with Gasteiger partial charge in [-0.2, -0.15) is 0 Å². The zero-order valence-corrected chi connectivity index (χ0v) is 83.0. The number of benzene rings is 22. The standard InChI is InChI=1S/C26H23BO2S.C26H15NO2S.C26H15NS.C20H11BrS.C18H15P.C6H4BrNO2/c1-25(2)26(3,4)29-27(28-25)21-15-17-10-6-8-12-19(17)24-22(21)20-14-13-16-9-5-7-11-18(16)23(20)30-24;28-27(29)23-12-6-5-11-20(23)22-15-17-8-2-4-10-19(17)26-24(22)21-14-13-16-7-1-3-9-18(16)25(21)30-26;1-2-8-16-15(7-1)13-14-20-23-22-19-11-5-6-12-21(19)27-24(22)17-9-3-4-10-18(17)26(23)28-25(16)20;21-17-11-13-6-2-4-8-15(13)20-18(17)16-10-9-12-5-1-3-7-14(12)19(16)22-20;1-4-10-16(11-5-1)19(17-12-6-2-7-13-17)18-14-8-3-9-15-18;7-5-3-1-2-4-6(5)8(9)10/h5-15H,1-4H3;1-15H;1-14,27H;1-11H;1-15H;1-4H. The lowest BCUT2D eigenvalue weighted by atomic mass is 9.75. The molecule has 28 rings (SSSR count). The topological polar surface area (TPSA) is 121 Å². The predicted octanol–water partition coefficient (Wildman–Crippen LogP) is 35.5. The van der Waals surface area contributed by atoms with Crippen LogP contribution in [0.15, 0.2) is 434 Å². The summed E-state index contributed by atoms with van der Waals surface area (Å²) in [4.78, 5) is 25.0. The summed E-state index contributed by atoms with van der Waals surface area (Å²) in [6.07, 6.45) is 0. The summed E-state index contributed by atoms with van der Waals surface area (Å²) in [6.45, 7) is 8.46. The Morgan fingerprint density at radius 1 is 0.273 bits per heavy atom. The highest BCUT2D eigenvalue weighted by Gasteiger charge is 2.52. The number of nitro benzene ring substituents is 2. The average molecular weight is 2020 g/mol. The minimum atomic E-state index is -0.446. The molecule has 0 saturated carbocycles. The molecule has 0 aliphatic carbocycles. The number of hydrogen-bond acceptors (Lipinski definition) is 10. The van der Waals surface area contributed by atoms with E-state index in [0.29, 0.717) is 10.0 Å². The van der Waals surface area contributed by atoms with Gasteiger partial charge in [0.15, 0.2) is 0 Å². The smallest absolute Gasteiger partial charge is 0.399 e. The molecular formula is C122H83BBr2N3O6PS4. The first-order chi connectivity index (χ1) is 68.0. The number of halogens is 2. The number of nitro groups is 2. The Balaban J connectivity index is 0.0000000955. The molecule has 0 amide bonds. The number of nitrogens with one attached hydrogen (secondary N) is 1. The fourth-order valence-corrected chi connectivity index (χ4v) is 28.9. The third-order valence-corrected chi connectivity index (χ3v) is 35.8. The Labute approximate surface area is 834 Å². The molecule has 0 atom stereocenters. The lowest BCUT2D eigenvalue weighted by Gasteiger charge is -2.32. The second-order valence-corrected chi connectivity index (χ2v) is 43.7. The highest BCUT2D eigenvalue weighted by atomic mass is 79.9. The number of rotatable bonds is 7. The van der Waals surface area contributed by atoms with Crippen molar-refractivity contribution in [3.63, 3.8) is 0 Å². The van der Waals surface area contributed by atoms with E-state index in [0.717, 1.165) is 27.2 Å². The van der Waals surface area contributed by atoms with E-state index in [2.05, 4.69) is 435 Å². The number of aromatic nitrogens is 1. The molecule has 6 heterocycles. The van der Waals surface area contributed by atoms with Crippen molar-refractivity contribution >= 4 is 314 Å². The van der Waals surface area contributed by atoms with Crippen molar-refractivity contribution in [2.75, 3.05) is 0 Å². The van der Waals surface area contributed by atoms with Crippen molar-refractivity contribution < 1.29 is 19.2 Å². The highest BCUT2D eigenvalue weighted by Crippen LogP contribution is 2.53. The van der Waals surface area contributed by atoms with Gasteiger partial charge in [0.2, 0.25) is 0 Å². The van der Waals surface area contributed by atoms with Crippen molar-refractivity contribution in [2.24, 2.45) is 0 Å². The lowest BCUT2D eigenvalue weighted by Crippen LogP contribution is -2.41. The number of nitrogens with zero attached hydrogens (tertiary/aromatic N) is 2. The van der Waals surface area contributed by atoms with Crippen LogP contribution >= 0.6 is 85.1 Å². The monoisotopic (exact) mass is 2010 g/mol. The maximum Gasteiger partial charge on any atom is 0.495 e. The maximum atomic E-state index is 11.8. The molecule has 1 saturated heterocycles. The van der Waals surface area contributed by atoms with Crippen LogP contribution in [0.2, 0.25) is 0 Å². The van der Waals surface area contributed by atoms with Gasteiger partial charge >= 0.3 is 7.12 Å². The van der Waals surface area contributed by atoms with Crippen LogP contribution in [-0.2, 0) is 9.31 Å². The SMILES string of the molecule is Brc1cc2ccccc2c2sc3c4ccccc4ccc3c12.CC1(C)OB(c2cc3ccccc3c3sc4c5ccccc5ccc4c23)OC1(C)C.O=[N+]([O-])c1ccccc1-c1cc2ccccc2c2sc3c4ccccc4ccc3c12.O=[N+]([O-])c1ccccc1Br.c1ccc(P(c2ccccc2)c2ccccc2)cc1.c1ccc2c(c1)ccc1c2sc2c3ccccc3c3[nH]c4ccccc4c3c12. The Hall–Kier alpha value is -14.2. The molecule has 139 heavy (non-hydrogen) atoms. The summed E-state index contributed by atoms with van der Waals surface area (Å²) in [5.74, 6) is 0. The van der Waals surface area contributed by atoms with Crippen molar-refractivity contribution in [1.82, 2.24) is 4.98 Å². The molecule has 668 valence electrons. The van der Waals surface area contributed by atoms with Crippen molar-refractivity contribution in [3.05, 3.63) is 454 Å². The molecule has 17 heteroatoms. The van der Waals surface area contributed by atoms with E-state index in [1.165, 1.54) is 199 Å². The predicted molar refractivity (Wildman–Crippen MR) is 608 cm³/mol. The molecule has 1 fully saturated rings. The summed E-state index contributed by atoms with van der Waals surface area (Å²) in [5, 5.41) is 59.4. The quantitative estimate of drug-likeness (QED) is 0.0734. The van der Waals surface area contributed by atoms with E-state index < -0.39 is 12.8 Å². The van der Waals surface area contributed by atoms with Gasteiger partial charge in [0.05, 0.1) is 36.6 Å². The van der Waals surface area contributed by atoms with Crippen LogP contribution in [0.4, 0.5) is 11.4 Å². The molecule has 0 spiro atoms. The van der Waals surface area contributed by atoms with Gasteiger partial charge in [-0.05, 0) is 184 Å². The van der Waals surface area contributed by atoms with E-state index in [1.54, 1.807) is 41.7 Å². The average Bonchev–Trinajstić information content (AvgIpc) is 1.55. The van der Waals surface area contributed by atoms with Gasteiger partial charge in [-0.25, -0.2) is 0 Å². The van der Waals surface area contributed by atoms with Crippen LogP contribution in [0.1, 0.15) is 27.7 Å². The maximum absolute atomic E-state index is 11.8. The number of hydrogen-bond donors (Lipinski definition) is 1. The van der Waals surface area contributed by atoms with E-state index in [9.17, 15) is 20.2 Å². The zero-order valence-electron chi connectivity index (χ0n) is 75.7. The fraction of sp³-hybridized carbons (Fsp3) is 0.0492. The van der Waals surface area contributed by atoms with Gasteiger partial charge in [-0.3, -0.25) is 20.2 Å². The molecule has 1 aliphatic heterocycles. The number of fused-ring (bicyclic) bond motifs is 33. The van der Waals surface area contributed by atoms with Crippen LogP contribution < -0.4 is 21.4 Å². The van der Waals surface area contributed by atoms with E-state index in [4.69, 9.17) is 9.31 Å². The van der Waals surface area contributed by atoms with Gasteiger partial charge in [0, 0.05) is 124 Å². The molecule has 0 bridgehead atoms. The van der Waals surface area contributed by atoms with Crippen LogP contribution in [0, 0.1) is 20.2 Å². The van der Waals surface area contributed by atoms with Gasteiger partial charge < -0.3 is 14.3 Å². The number of aromatic amines is 1. The number of H-pyrrole nitrogens is 1. The number of thiophene rings is 4. The van der Waals surface area contributed by atoms with Gasteiger partial charge in [0.25, 0.3) is 11.4 Å². The summed E-state index contributed by atoms with van der Waals surface area (Å²) in [6, 6.07) is 148. The largest absolute Gasteiger partial charge is 0.495 e. The van der Waals surface area contributed by atoms with E-state index in [-0.39, 0.29) is 34.6 Å². The molecule has 1 aliphatic rings. The second kappa shape index (κ2) is 36.9. The normalized spacial score (nSPS) is 12.9. The van der Waals surface area contributed by atoms with Crippen molar-refractivity contribution in [3.8, 4) is 11.1 Å². The van der Waals surface area contributed by atoms with E-state index >= 15 is 0 Å². The Morgan fingerprint density at radius 2 is 0.597 bits per heavy atom. The third kappa shape index (κ3) is 16.1. The number of para-hydroxylation sites is 3. The molecular weight excluding hydrogens is 1930 g/mol. The Morgan fingerprint density at radius 3 is 1.04 bits per heavy atom. The molecule has 1 N–H and O–H groups in total. The summed E-state index contributed by atoms with van der Waals surface area (Å²) in [5.41, 5.74) is 4.65. The Kier molecular flexibility index (Phi) is 23.6. The summed E-state index contributed by atoms with van der Waals surface area (Å²) >= 11 is 14.3. The minimum absolute atomic E-state index is 0.0995. The van der Waals surface area contributed by atoms with Crippen molar-refractivity contribution in [1.29, 1.82) is 0 Å². The summed E-state index contributed by atoms with van der Waals surface area (Å²) in [7, 11) is -0.829. The van der Waals surface area contributed by atoms with Crippen molar-refractivity contribution in [2.45, 2.75) is 38.9 Å². The zero-order chi connectivity index (χ0) is 94.3. The first-order valence-corrected chi connectivity index (χ1v) is 52.2. The fourth-order valence-electron chi connectivity index (χ4n) is 19.8. The van der Waals surface area contributed by atoms with Crippen LogP contribution in [0.3, 0.4) is 0 Å². The first-order valence-electron chi connectivity index (χ1n) is 46.0. The molecule has 0 radical (unpaired) electrons. The van der Waals surface area contributed by atoms with Gasteiger partial charge in [0.1, 0.15) is 0 Å². The second-order valence-electron chi connectivity index (χ2n) is 35.7.